The molecule has 0 aliphatic rings. The second-order valence-corrected chi connectivity index (χ2v) is 7.82. The average molecular weight is 477 g/mol. The molecule has 1 heterocycles. The number of alkyl halides is 3. The van der Waals surface area contributed by atoms with E-state index >= 15 is 0 Å². The molecule has 182 valence electrons. The molecule has 0 bridgehead atoms. The van der Waals surface area contributed by atoms with Gasteiger partial charge in [0.15, 0.2) is 0 Å². The molecule has 11 heteroatoms. The predicted molar refractivity (Wildman–Crippen MR) is 125 cm³/mol. The minimum Gasteiger partial charge on any atom is -0.439 e. The van der Waals surface area contributed by atoms with E-state index in [9.17, 15) is 18.3 Å². The summed E-state index contributed by atoms with van der Waals surface area (Å²) in [5, 5.41) is 18.7. The average Bonchev–Trinajstić information content (AvgIpc) is 2.76. The molecule has 8 nitrogen and oxygen atoms in total. The number of anilines is 3. The molecule has 0 saturated heterocycles. The molecule has 34 heavy (non-hydrogen) atoms. The molecule has 0 amide bonds. The SMILES string of the molecule is Cc1ccc(NC(O)Nc2ccc(Oc3cc(NCCN(C)C)ncn3)cc2)cc1C(F)(F)F. The number of halogens is 3. The van der Waals surface area contributed by atoms with Crippen molar-refractivity contribution >= 4 is 17.2 Å². The molecule has 0 spiro atoms. The van der Waals surface area contributed by atoms with E-state index in [0.717, 1.165) is 19.2 Å². The summed E-state index contributed by atoms with van der Waals surface area (Å²) in [5.74, 6) is 1.52. The molecule has 3 aromatic rings. The van der Waals surface area contributed by atoms with Crippen LogP contribution in [0.5, 0.6) is 11.6 Å². The van der Waals surface area contributed by atoms with Crippen LogP contribution in [-0.2, 0) is 6.18 Å². The minimum atomic E-state index is -4.47. The van der Waals surface area contributed by atoms with Crippen LogP contribution in [0.4, 0.5) is 30.4 Å². The topological polar surface area (TPSA) is 94.6 Å². The van der Waals surface area contributed by atoms with Gasteiger partial charge >= 0.3 is 6.18 Å². The van der Waals surface area contributed by atoms with Crippen molar-refractivity contribution in [2.24, 2.45) is 0 Å². The summed E-state index contributed by atoms with van der Waals surface area (Å²) >= 11 is 0. The lowest BCUT2D eigenvalue weighted by atomic mass is 10.1. The standard InChI is InChI=1S/C23H27F3N6O2/c1-15-4-5-17(12-19(15)23(24,25)26)31-22(33)30-16-6-8-18(9-7-16)34-21-13-20(28-14-29-21)27-10-11-32(2)3/h4-9,12-14,22,30-31,33H,10-11H2,1-3H3,(H,27,28,29). The summed E-state index contributed by atoms with van der Waals surface area (Å²) in [4.78, 5) is 10.3. The summed E-state index contributed by atoms with van der Waals surface area (Å²) in [6, 6.07) is 12.1. The van der Waals surface area contributed by atoms with Crippen LogP contribution in [0.25, 0.3) is 0 Å². The first-order valence-electron chi connectivity index (χ1n) is 10.5. The highest BCUT2D eigenvalue weighted by molar-refractivity contribution is 5.53. The van der Waals surface area contributed by atoms with E-state index in [2.05, 4.69) is 25.9 Å². The third kappa shape index (κ3) is 7.49. The van der Waals surface area contributed by atoms with Gasteiger partial charge in [-0.25, -0.2) is 9.97 Å². The van der Waals surface area contributed by atoms with Crippen molar-refractivity contribution in [3.8, 4) is 11.6 Å². The third-order valence-corrected chi connectivity index (χ3v) is 4.73. The summed E-state index contributed by atoms with van der Waals surface area (Å²) < 4.78 is 45.0. The number of nitrogens with zero attached hydrogens (tertiary/aromatic N) is 3. The summed E-state index contributed by atoms with van der Waals surface area (Å²) in [6.07, 6.45) is -4.38. The van der Waals surface area contributed by atoms with E-state index in [1.165, 1.54) is 25.4 Å². The lowest BCUT2D eigenvalue weighted by molar-refractivity contribution is -0.138. The largest absolute Gasteiger partial charge is 0.439 e. The van der Waals surface area contributed by atoms with Crippen LogP contribution in [0.15, 0.2) is 54.9 Å². The number of aromatic nitrogens is 2. The molecular formula is C23H27F3N6O2. The highest BCUT2D eigenvalue weighted by atomic mass is 19.4. The Bertz CT molecular complexity index is 1080. The normalized spacial score (nSPS) is 12.4. The van der Waals surface area contributed by atoms with Crippen LogP contribution in [0.2, 0.25) is 0 Å². The van der Waals surface area contributed by atoms with Crippen molar-refractivity contribution < 1.29 is 23.0 Å². The molecule has 0 aliphatic carbocycles. The van der Waals surface area contributed by atoms with E-state index < -0.39 is 18.1 Å². The zero-order chi connectivity index (χ0) is 24.7. The Morgan fingerprint density at radius 1 is 1.00 bits per heavy atom. The van der Waals surface area contributed by atoms with Crippen molar-refractivity contribution in [1.82, 2.24) is 14.9 Å². The van der Waals surface area contributed by atoms with Gasteiger partial charge in [0.05, 0.1) is 5.56 Å². The monoisotopic (exact) mass is 476 g/mol. The molecule has 0 saturated carbocycles. The Morgan fingerprint density at radius 2 is 1.68 bits per heavy atom. The Morgan fingerprint density at radius 3 is 2.35 bits per heavy atom. The zero-order valence-electron chi connectivity index (χ0n) is 19.0. The van der Waals surface area contributed by atoms with Crippen molar-refractivity contribution in [3.05, 3.63) is 66.0 Å². The van der Waals surface area contributed by atoms with Crippen LogP contribution in [-0.4, -0.2) is 53.5 Å². The number of ether oxygens (including phenoxy) is 1. The lowest BCUT2D eigenvalue weighted by Gasteiger charge is -2.19. The van der Waals surface area contributed by atoms with Gasteiger partial charge in [-0.05, 0) is 63.0 Å². The molecular weight excluding hydrogens is 449 g/mol. The van der Waals surface area contributed by atoms with Crippen LogP contribution in [0.3, 0.4) is 0 Å². The number of hydrogen-bond donors (Lipinski definition) is 4. The molecule has 0 aliphatic heterocycles. The van der Waals surface area contributed by atoms with Crippen molar-refractivity contribution in [2.75, 3.05) is 43.1 Å². The van der Waals surface area contributed by atoms with E-state index in [4.69, 9.17) is 4.74 Å². The minimum absolute atomic E-state index is 0.108. The van der Waals surface area contributed by atoms with Crippen LogP contribution >= 0.6 is 0 Å². The molecule has 1 aromatic heterocycles. The van der Waals surface area contributed by atoms with Gasteiger partial charge in [0.1, 0.15) is 17.9 Å². The first-order chi connectivity index (χ1) is 16.1. The first-order valence-corrected chi connectivity index (χ1v) is 10.5. The molecule has 2 aromatic carbocycles. The van der Waals surface area contributed by atoms with Gasteiger partial charge in [0.2, 0.25) is 12.2 Å². The summed E-state index contributed by atoms with van der Waals surface area (Å²) in [6.45, 7) is 2.96. The zero-order valence-corrected chi connectivity index (χ0v) is 19.0. The second-order valence-electron chi connectivity index (χ2n) is 7.82. The Kier molecular flexibility index (Phi) is 8.13. The van der Waals surface area contributed by atoms with Crippen LogP contribution in [0.1, 0.15) is 11.1 Å². The Balaban J connectivity index is 1.56. The quantitative estimate of drug-likeness (QED) is 0.321. The highest BCUT2D eigenvalue weighted by Crippen LogP contribution is 2.33. The summed E-state index contributed by atoms with van der Waals surface area (Å²) in [5.41, 5.74) is 0.0177. The number of hydrogen-bond acceptors (Lipinski definition) is 8. The van der Waals surface area contributed by atoms with Crippen molar-refractivity contribution in [1.29, 1.82) is 0 Å². The van der Waals surface area contributed by atoms with Gasteiger partial charge in [-0.15, -0.1) is 0 Å². The van der Waals surface area contributed by atoms with Crippen LogP contribution < -0.4 is 20.7 Å². The fourth-order valence-electron chi connectivity index (χ4n) is 3.01. The van der Waals surface area contributed by atoms with E-state index in [1.54, 1.807) is 30.3 Å². The van der Waals surface area contributed by atoms with E-state index in [1.807, 2.05) is 19.0 Å². The number of aryl methyl sites for hydroxylation is 1. The van der Waals surface area contributed by atoms with Gasteiger partial charge in [0, 0.05) is 30.5 Å². The first kappa shape index (κ1) is 25.1. The lowest BCUT2D eigenvalue weighted by Crippen LogP contribution is -2.28. The highest BCUT2D eigenvalue weighted by Gasteiger charge is 2.32. The number of aliphatic hydroxyl groups is 1. The summed E-state index contributed by atoms with van der Waals surface area (Å²) in [7, 11) is 3.96. The van der Waals surface area contributed by atoms with Crippen molar-refractivity contribution in [2.45, 2.75) is 19.5 Å². The Hall–Kier alpha value is -3.57. The number of benzene rings is 2. The van der Waals surface area contributed by atoms with Gasteiger partial charge < -0.3 is 30.7 Å². The maximum absolute atomic E-state index is 13.1. The molecule has 1 unspecified atom stereocenters. The number of rotatable bonds is 10. The molecule has 3 rings (SSSR count). The fourth-order valence-corrected chi connectivity index (χ4v) is 3.01. The van der Waals surface area contributed by atoms with Crippen LogP contribution in [0, 0.1) is 6.92 Å². The number of likely N-dealkylation sites (N-methyl/N-ethyl adjacent to an activating group) is 1. The predicted octanol–water partition coefficient (Wildman–Crippen LogP) is 4.37. The van der Waals surface area contributed by atoms with Gasteiger partial charge in [-0.3, -0.25) is 0 Å². The Labute approximate surface area is 195 Å². The molecule has 4 N–H and O–H groups in total. The maximum atomic E-state index is 13.1. The smallest absolute Gasteiger partial charge is 0.416 e. The van der Waals surface area contributed by atoms with Crippen molar-refractivity contribution in [3.63, 3.8) is 0 Å². The number of nitrogens with one attached hydrogen (secondary N) is 3. The van der Waals surface area contributed by atoms with E-state index in [-0.39, 0.29) is 11.3 Å². The fraction of sp³-hybridized carbons (Fsp3) is 0.304. The van der Waals surface area contributed by atoms with E-state index in [0.29, 0.717) is 23.1 Å². The van der Waals surface area contributed by atoms with Gasteiger partial charge in [0.25, 0.3) is 0 Å². The second kappa shape index (κ2) is 11.0. The number of aliphatic hydroxyl groups excluding tert-OH is 1. The molecule has 0 radical (unpaired) electrons. The third-order valence-electron chi connectivity index (χ3n) is 4.73. The van der Waals surface area contributed by atoms with Gasteiger partial charge in [-0.2, -0.15) is 13.2 Å². The van der Waals surface area contributed by atoms with Gasteiger partial charge in [-0.1, -0.05) is 6.07 Å². The maximum Gasteiger partial charge on any atom is 0.416 e. The molecule has 1 atom stereocenters. The molecule has 0 fully saturated rings.